The van der Waals surface area contributed by atoms with Gasteiger partial charge in [-0.15, -0.1) is 0 Å². The van der Waals surface area contributed by atoms with Crippen molar-refractivity contribution >= 4 is 23.1 Å². The van der Waals surface area contributed by atoms with Crippen molar-refractivity contribution in [1.82, 2.24) is 0 Å². The van der Waals surface area contributed by atoms with Gasteiger partial charge < -0.3 is 0 Å². The van der Waals surface area contributed by atoms with Gasteiger partial charge in [0.1, 0.15) is 0 Å². The number of aryl methyl sites for hydroxylation is 1. The average molecular weight is 356 g/mol. The Kier molecular flexibility index (Phi) is 6.47. The molecular weight excluding hydrogens is 322 g/mol. The van der Waals surface area contributed by atoms with Crippen LogP contribution < -0.4 is 0 Å². The molecule has 1 nitrogen and oxygen atoms in total. The zero-order valence-corrected chi connectivity index (χ0v) is 16.7. The van der Waals surface area contributed by atoms with E-state index in [9.17, 15) is 0 Å². The summed E-state index contributed by atoms with van der Waals surface area (Å²) in [6.07, 6.45) is 18.7. The zero-order valence-electron chi connectivity index (χ0n) is 15.9. The second-order valence-corrected chi connectivity index (χ2v) is 8.86. The van der Waals surface area contributed by atoms with E-state index in [1.165, 1.54) is 89.0 Å². The van der Waals surface area contributed by atoms with Gasteiger partial charge in [0, 0.05) is 0 Å². The summed E-state index contributed by atoms with van der Waals surface area (Å²) in [7, 11) is 0. The summed E-state index contributed by atoms with van der Waals surface area (Å²) in [6, 6.07) is 8.56. The second kappa shape index (κ2) is 8.60. The summed E-state index contributed by atoms with van der Waals surface area (Å²) in [6.45, 7) is 2.31. The van der Waals surface area contributed by atoms with E-state index in [1.54, 1.807) is 0 Å². The van der Waals surface area contributed by atoms with Crippen molar-refractivity contribution in [2.75, 3.05) is 0 Å². The van der Waals surface area contributed by atoms with E-state index in [2.05, 4.69) is 53.6 Å². The summed E-state index contributed by atoms with van der Waals surface area (Å²) in [5, 5.41) is 2.44. The fourth-order valence-electron chi connectivity index (χ4n) is 5.22. The monoisotopic (exact) mass is 355 g/mol. The third-order valence-electron chi connectivity index (χ3n) is 7.17. The normalized spacial score (nSPS) is 27.9. The summed E-state index contributed by atoms with van der Waals surface area (Å²) in [5.74, 6) is 0. The number of hydrogen-bond donors (Lipinski definition) is 0. The number of fused-ring (bicyclic) bond motifs is 3. The highest BCUT2D eigenvalue weighted by Crippen LogP contribution is 2.60. The first-order valence-corrected chi connectivity index (χ1v) is 10.8. The van der Waals surface area contributed by atoms with Crippen molar-refractivity contribution < 1.29 is 0 Å². The van der Waals surface area contributed by atoms with Gasteiger partial charge in [-0.3, -0.25) is 0 Å². The standard InChI is InChI=1S/C23H33NS/c1-2-3-4-5-11-22-13-16-23(17-14-22,18-15-22)12-10-20-6-8-21(9-7-20)24-19-25/h6-9H,2-5,10-18H2,1H3. The minimum Gasteiger partial charge on any atom is -0.195 e. The number of nitrogens with zero attached hydrogens (tertiary/aromatic N) is 1. The van der Waals surface area contributed by atoms with Crippen molar-refractivity contribution in [3.05, 3.63) is 29.8 Å². The molecule has 0 N–H and O–H groups in total. The lowest BCUT2D eigenvalue weighted by atomic mass is 9.51. The van der Waals surface area contributed by atoms with Crippen LogP contribution in [0.2, 0.25) is 0 Å². The summed E-state index contributed by atoms with van der Waals surface area (Å²) < 4.78 is 0. The molecule has 2 heteroatoms. The van der Waals surface area contributed by atoms with Crippen LogP contribution in [0, 0.1) is 10.8 Å². The molecule has 0 aromatic heterocycles. The van der Waals surface area contributed by atoms with Crippen LogP contribution in [-0.4, -0.2) is 5.16 Å². The molecule has 1 aromatic rings. The number of unbranched alkanes of at least 4 members (excludes halogenated alkanes) is 3. The van der Waals surface area contributed by atoms with Crippen molar-refractivity contribution in [2.24, 2.45) is 15.8 Å². The molecule has 2 bridgehead atoms. The van der Waals surface area contributed by atoms with Crippen LogP contribution in [0.25, 0.3) is 0 Å². The van der Waals surface area contributed by atoms with Crippen molar-refractivity contribution in [3.63, 3.8) is 0 Å². The van der Waals surface area contributed by atoms with Crippen LogP contribution in [0.1, 0.15) is 89.5 Å². The minimum atomic E-state index is 0.649. The first-order valence-electron chi connectivity index (χ1n) is 10.4. The van der Waals surface area contributed by atoms with Gasteiger partial charge in [0.25, 0.3) is 0 Å². The highest BCUT2D eigenvalue weighted by Gasteiger charge is 2.47. The van der Waals surface area contributed by atoms with Gasteiger partial charge in [0.2, 0.25) is 0 Å². The van der Waals surface area contributed by atoms with Gasteiger partial charge in [-0.05, 0) is 98.5 Å². The molecular formula is C23H33NS. The van der Waals surface area contributed by atoms with Crippen molar-refractivity contribution in [3.8, 4) is 0 Å². The first-order chi connectivity index (χ1) is 12.2. The summed E-state index contributed by atoms with van der Waals surface area (Å²) in [5.41, 5.74) is 3.74. The topological polar surface area (TPSA) is 12.4 Å². The van der Waals surface area contributed by atoms with Crippen LogP contribution in [0.15, 0.2) is 29.3 Å². The first kappa shape index (κ1) is 18.8. The van der Waals surface area contributed by atoms with Gasteiger partial charge in [-0.1, -0.05) is 44.7 Å². The van der Waals surface area contributed by atoms with Gasteiger partial charge in [0.05, 0.1) is 10.8 Å². The average Bonchev–Trinajstić information content (AvgIpc) is 2.67. The number of aliphatic imine (C=N–C) groups is 1. The van der Waals surface area contributed by atoms with E-state index in [-0.39, 0.29) is 0 Å². The minimum absolute atomic E-state index is 0.649. The van der Waals surface area contributed by atoms with E-state index >= 15 is 0 Å². The van der Waals surface area contributed by atoms with Crippen LogP contribution in [0.4, 0.5) is 5.69 Å². The maximum atomic E-state index is 4.67. The molecule has 25 heavy (non-hydrogen) atoms. The van der Waals surface area contributed by atoms with Gasteiger partial charge in [-0.25, -0.2) is 0 Å². The Hall–Kier alpha value is -0.980. The lowest BCUT2D eigenvalue weighted by Crippen LogP contribution is -2.41. The lowest BCUT2D eigenvalue weighted by Gasteiger charge is -2.54. The Labute approximate surface area is 159 Å². The fourth-order valence-corrected chi connectivity index (χ4v) is 5.32. The molecule has 3 aliphatic carbocycles. The molecule has 0 spiro atoms. The van der Waals surface area contributed by atoms with E-state index in [4.69, 9.17) is 0 Å². The number of isothiocyanates is 1. The second-order valence-electron chi connectivity index (χ2n) is 8.68. The Morgan fingerprint density at radius 3 is 2.04 bits per heavy atom. The molecule has 0 saturated heterocycles. The number of hydrogen-bond acceptors (Lipinski definition) is 2. The predicted molar refractivity (Wildman–Crippen MR) is 111 cm³/mol. The molecule has 3 fully saturated rings. The molecule has 0 amide bonds. The number of benzene rings is 1. The zero-order chi connectivity index (χ0) is 17.6. The SMILES string of the molecule is CCCCCCC12CCC(CCc3ccc(N=C=S)cc3)(CC1)CC2. The number of rotatable bonds is 9. The van der Waals surface area contributed by atoms with Crippen LogP contribution >= 0.6 is 12.2 Å². The van der Waals surface area contributed by atoms with E-state index in [0.717, 1.165) is 11.1 Å². The van der Waals surface area contributed by atoms with Gasteiger partial charge in [0.15, 0.2) is 0 Å². The molecule has 0 radical (unpaired) electrons. The molecule has 0 heterocycles. The quantitative estimate of drug-likeness (QED) is 0.251. The molecule has 0 atom stereocenters. The lowest BCUT2D eigenvalue weighted by molar-refractivity contribution is -0.0205. The fraction of sp³-hybridized carbons (Fsp3) is 0.696. The Bertz CT molecular complexity index is 572. The molecule has 0 aliphatic heterocycles. The van der Waals surface area contributed by atoms with E-state index in [1.807, 2.05) is 0 Å². The van der Waals surface area contributed by atoms with Gasteiger partial charge >= 0.3 is 0 Å². The highest BCUT2D eigenvalue weighted by atomic mass is 32.1. The Morgan fingerprint density at radius 2 is 1.48 bits per heavy atom. The Balaban J connectivity index is 1.48. The third-order valence-corrected chi connectivity index (χ3v) is 7.26. The maximum absolute atomic E-state index is 4.67. The van der Waals surface area contributed by atoms with Gasteiger partial charge in [-0.2, -0.15) is 4.99 Å². The van der Waals surface area contributed by atoms with Crippen molar-refractivity contribution in [2.45, 2.75) is 90.4 Å². The maximum Gasteiger partial charge on any atom is 0.0739 e. The van der Waals surface area contributed by atoms with E-state index < -0.39 is 0 Å². The molecule has 0 unspecified atom stereocenters. The third kappa shape index (κ3) is 4.80. The molecule has 4 rings (SSSR count). The molecule has 136 valence electrons. The highest BCUT2D eigenvalue weighted by molar-refractivity contribution is 7.78. The molecule has 3 saturated carbocycles. The molecule has 1 aromatic carbocycles. The Morgan fingerprint density at radius 1 is 0.880 bits per heavy atom. The predicted octanol–water partition coefficient (Wildman–Crippen LogP) is 7.66. The van der Waals surface area contributed by atoms with Crippen LogP contribution in [0.5, 0.6) is 0 Å². The summed E-state index contributed by atoms with van der Waals surface area (Å²) >= 11 is 4.67. The van der Waals surface area contributed by atoms with Crippen LogP contribution in [-0.2, 0) is 6.42 Å². The van der Waals surface area contributed by atoms with Crippen LogP contribution in [0.3, 0.4) is 0 Å². The van der Waals surface area contributed by atoms with E-state index in [0.29, 0.717) is 5.41 Å². The largest absolute Gasteiger partial charge is 0.195 e. The summed E-state index contributed by atoms with van der Waals surface area (Å²) in [4.78, 5) is 4.04. The number of thiocarbonyl (C=S) groups is 1. The smallest absolute Gasteiger partial charge is 0.0739 e. The van der Waals surface area contributed by atoms with Crippen molar-refractivity contribution in [1.29, 1.82) is 0 Å². The molecule has 3 aliphatic rings.